The van der Waals surface area contributed by atoms with Crippen molar-refractivity contribution in [3.05, 3.63) is 54.1 Å². The van der Waals surface area contributed by atoms with Gasteiger partial charge in [0.25, 0.3) is 5.91 Å². The molecule has 3 heterocycles. The van der Waals surface area contributed by atoms with E-state index in [9.17, 15) is 9.59 Å². The number of aromatic nitrogens is 2. The molecule has 0 aliphatic carbocycles. The highest BCUT2D eigenvalue weighted by atomic mass is 16.6. The number of ether oxygens (including phenoxy) is 1. The van der Waals surface area contributed by atoms with Gasteiger partial charge in [0.2, 0.25) is 0 Å². The smallest absolute Gasteiger partial charge is 0.410 e. The molecule has 33 heavy (non-hydrogen) atoms. The number of carbonyl (C=O) groups excluding carboxylic acids is 2. The standard InChI is InChI=1S/C25H35N5O3/c1-25(2,3)33-24(32)30-17-6-9-19(13-18-30)27-14-5-8-20-7-4-10-22(28-20)23(31)29-21-11-15-26-16-12-21/h4,7,10-12,15-16,19,27H,5-6,8-9,13-14,17-18H2,1-3H3,(H,26,29,31). The zero-order valence-electron chi connectivity index (χ0n) is 19.8. The van der Waals surface area contributed by atoms with Gasteiger partial charge in [-0.05, 0) is 83.7 Å². The average molecular weight is 454 g/mol. The Balaban J connectivity index is 1.40. The van der Waals surface area contributed by atoms with Crippen LogP contribution in [0.25, 0.3) is 0 Å². The van der Waals surface area contributed by atoms with E-state index in [1.165, 1.54) is 0 Å². The Morgan fingerprint density at radius 1 is 1.12 bits per heavy atom. The molecule has 2 amide bonds. The minimum atomic E-state index is -0.466. The van der Waals surface area contributed by atoms with Crippen molar-refractivity contribution >= 4 is 17.7 Å². The van der Waals surface area contributed by atoms with Gasteiger partial charge in [0, 0.05) is 42.9 Å². The van der Waals surface area contributed by atoms with Crippen molar-refractivity contribution in [2.75, 3.05) is 25.0 Å². The lowest BCUT2D eigenvalue weighted by atomic mass is 10.1. The van der Waals surface area contributed by atoms with Gasteiger partial charge in [-0.3, -0.25) is 9.78 Å². The van der Waals surface area contributed by atoms with Crippen molar-refractivity contribution in [3.63, 3.8) is 0 Å². The zero-order chi connectivity index (χ0) is 23.7. The molecule has 1 atom stereocenters. The van der Waals surface area contributed by atoms with Crippen LogP contribution >= 0.6 is 0 Å². The first-order valence-corrected chi connectivity index (χ1v) is 11.7. The fraction of sp³-hybridized carbons (Fsp3) is 0.520. The Bertz CT molecular complexity index is 914. The van der Waals surface area contributed by atoms with Crippen molar-refractivity contribution in [2.45, 2.75) is 64.5 Å². The lowest BCUT2D eigenvalue weighted by Crippen LogP contribution is -2.38. The van der Waals surface area contributed by atoms with E-state index in [0.29, 0.717) is 24.0 Å². The fourth-order valence-corrected chi connectivity index (χ4v) is 3.76. The third-order valence-electron chi connectivity index (χ3n) is 5.40. The molecule has 3 rings (SSSR count). The van der Waals surface area contributed by atoms with Crippen LogP contribution in [0.15, 0.2) is 42.7 Å². The molecule has 2 aromatic rings. The number of anilines is 1. The summed E-state index contributed by atoms with van der Waals surface area (Å²) in [6.07, 6.45) is 7.69. The second kappa shape index (κ2) is 11.7. The first-order chi connectivity index (χ1) is 15.8. The van der Waals surface area contributed by atoms with Crippen molar-refractivity contribution in [1.82, 2.24) is 20.2 Å². The lowest BCUT2D eigenvalue weighted by molar-refractivity contribution is 0.0256. The van der Waals surface area contributed by atoms with Crippen molar-refractivity contribution in [1.29, 1.82) is 0 Å². The molecule has 2 aromatic heterocycles. The first-order valence-electron chi connectivity index (χ1n) is 11.7. The number of pyridine rings is 2. The molecule has 0 bridgehead atoms. The molecular formula is C25H35N5O3. The monoisotopic (exact) mass is 453 g/mol. The van der Waals surface area contributed by atoms with E-state index < -0.39 is 5.60 Å². The van der Waals surface area contributed by atoms with Gasteiger partial charge in [-0.2, -0.15) is 0 Å². The van der Waals surface area contributed by atoms with Gasteiger partial charge in [0.1, 0.15) is 11.3 Å². The predicted octanol–water partition coefficient (Wildman–Crippen LogP) is 4.04. The lowest BCUT2D eigenvalue weighted by Gasteiger charge is -2.26. The van der Waals surface area contributed by atoms with Gasteiger partial charge in [0.15, 0.2) is 0 Å². The number of nitrogens with one attached hydrogen (secondary N) is 2. The predicted molar refractivity (Wildman–Crippen MR) is 128 cm³/mol. The molecule has 178 valence electrons. The van der Waals surface area contributed by atoms with E-state index in [0.717, 1.165) is 50.9 Å². The third kappa shape index (κ3) is 8.46. The Morgan fingerprint density at radius 3 is 2.67 bits per heavy atom. The Morgan fingerprint density at radius 2 is 1.91 bits per heavy atom. The second-order valence-electron chi connectivity index (χ2n) is 9.36. The number of hydrogen-bond donors (Lipinski definition) is 2. The Labute approximate surface area is 196 Å². The van der Waals surface area contributed by atoms with Crippen LogP contribution in [0.5, 0.6) is 0 Å². The molecule has 8 heteroatoms. The molecule has 1 saturated heterocycles. The zero-order valence-corrected chi connectivity index (χ0v) is 19.8. The summed E-state index contributed by atoms with van der Waals surface area (Å²) in [5.41, 5.74) is 1.53. The molecule has 0 saturated carbocycles. The van der Waals surface area contributed by atoms with E-state index in [1.807, 2.05) is 37.8 Å². The number of nitrogens with zero attached hydrogens (tertiary/aromatic N) is 3. The van der Waals surface area contributed by atoms with E-state index in [2.05, 4.69) is 20.6 Å². The molecule has 1 unspecified atom stereocenters. The highest BCUT2D eigenvalue weighted by molar-refractivity contribution is 6.02. The normalized spacial score (nSPS) is 16.7. The molecule has 0 spiro atoms. The summed E-state index contributed by atoms with van der Waals surface area (Å²) in [5, 5.41) is 6.45. The molecule has 1 aliphatic rings. The summed E-state index contributed by atoms with van der Waals surface area (Å²) in [5.74, 6) is -0.228. The van der Waals surface area contributed by atoms with Crippen LogP contribution in [-0.2, 0) is 11.2 Å². The maximum absolute atomic E-state index is 12.4. The van der Waals surface area contributed by atoms with E-state index in [1.54, 1.807) is 30.6 Å². The molecule has 8 nitrogen and oxygen atoms in total. The van der Waals surface area contributed by atoms with E-state index in [4.69, 9.17) is 4.74 Å². The third-order valence-corrected chi connectivity index (χ3v) is 5.40. The maximum Gasteiger partial charge on any atom is 0.410 e. The first kappa shape index (κ1) is 24.6. The summed E-state index contributed by atoms with van der Waals surface area (Å²) in [4.78, 5) is 35.0. The van der Waals surface area contributed by atoms with Crippen LogP contribution in [0.2, 0.25) is 0 Å². The van der Waals surface area contributed by atoms with E-state index in [-0.39, 0.29) is 12.0 Å². The summed E-state index contributed by atoms with van der Waals surface area (Å²) in [7, 11) is 0. The molecule has 1 aliphatic heterocycles. The quantitative estimate of drug-likeness (QED) is 0.614. The Hall–Kier alpha value is -3.00. The molecule has 1 fully saturated rings. The topological polar surface area (TPSA) is 96.5 Å². The number of rotatable bonds is 7. The highest BCUT2D eigenvalue weighted by Gasteiger charge is 2.25. The van der Waals surface area contributed by atoms with E-state index >= 15 is 0 Å². The van der Waals surface area contributed by atoms with Crippen LogP contribution in [0.4, 0.5) is 10.5 Å². The summed E-state index contributed by atoms with van der Waals surface area (Å²) < 4.78 is 5.50. The number of amides is 2. The molecule has 0 aromatic carbocycles. The maximum atomic E-state index is 12.4. The van der Waals surface area contributed by atoms with Gasteiger partial charge in [-0.15, -0.1) is 0 Å². The fourth-order valence-electron chi connectivity index (χ4n) is 3.76. The minimum Gasteiger partial charge on any atom is -0.444 e. The Kier molecular flexibility index (Phi) is 8.77. The van der Waals surface area contributed by atoms with Gasteiger partial charge in [-0.1, -0.05) is 6.07 Å². The highest BCUT2D eigenvalue weighted by Crippen LogP contribution is 2.16. The summed E-state index contributed by atoms with van der Waals surface area (Å²) >= 11 is 0. The number of hydrogen-bond acceptors (Lipinski definition) is 6. The van der Waals surface area contributed by atoms with Crippen LogP contribution in [-0.4, -0.2) is 58.1 Å². The van der Waals surface area contributed by atoms with Gasteiger partial charge >= 0.3 is 6.09 Å². The summed E-state index contributed by atoms with van der Waals surface area (Å²) in [6, 6.07) is 9.42. The van der Waals surface area contributed by atoms with Crippen molar-refractivity contribution in [3.8, 4) is 0 Å². The second-order valence-corrected chi connectivity index (χ2v) is 9.36. The van der Waals surface area contributed by atoms with Crippen LogP contribution < -0.4 is 10.6 Å². The minimum absolute atomic E-state index is 0.220. The van der Waals surface area contributed by atoms with Crippen LogP contribution in [0.3, 0.4) is 0 Å². The van der Waals surface area contributed by atoms with Gasteiger partial charge in [-0.25, -0.2) is 9.78 Å². The van der Waals surface area contributed by atoms with Crippen molar-refractivity contribution in [2.24, 2.45) is 0 Å². The molecule has 0 radical (unpaired) electrons. The number of carbonyl (C=O) groups is 2. The van der Waals surface area contributed by atoms with Gasteiger partial charge in [0.05, 0.1) is 0 Å². The van der Waals surface area contributed by atoms with Crippen molar-refractivity contribution < 1.29 is 14.3 Å². The number of aryl methyl sites for hydroxylation is 1. The number of likely N-dealkylation sites (tertiary alicyclic amines) is 1. The largest absolute Gasteiger partial charge is 0.444 e. The molecular weight excluding hydrogens is 418 g/mol. The van der Waals surface area contributed by atoms with Crippen LogP contribution in [0, 0.1) is 0 Å². The average Bonchev–Trinajstić information content (AvgIpc) is 3.02. The van der Waals surface area contributed by atoms with Crippen LogP contribution in [0.1, 0.15) is 62.6 Å². The SMILES string of the molecule is CC(C)(C)OC(=O)N1CCCC(NCCCc2cccc(C(=O)Nc3ccncc3)n2)CC1. The van der Waals surface area contributed by atoms with Gasteiger partial charge < -0.3 is 20.3 Å². The summed E-state index contributed by atoms with van der Waals surface area (Å²) in [6.45, 7) is 8.00. The molecule has 2 N–H and O–H groups in total.